The molecule has 0 aliphatic rings. The molecule has 0 spiro atoms. The van der Waals surface area contributed by atoms with Crippen LogP contribution >= 0.6 is 23.5 Å². The number of carboxylic acid groups (broad SMARTS) is 1. The summed E-state index contributed by atoms with van der Waals surface area (Å²) in [4.78, 5) is 46.4. The molecule has 0 aromatic rings. The van der Waals surface area contributed by atoms with Crippen LogP contribution in [0.15, 0.2) is 0 Å². The van der Waals surface area contributed by atoms with E-state index in [0.717, 1.165) is 0 Å². The first-order valence-corrected chi connectivity index (χ1v) is 10.4. The first-order valence-electron chi connectivity index (χ1n) is 7.58. The van der Waals surface area contributed by atoms with Crippen LogP contribution in [0.1, 0.15) is 19.3 Å². The number of hydrogen-bond acceptors (Lipinski definition) is 7. The Morgan fingerprint density at radius 3 is 1.88 bits per heavy atom. The van der Waals surface area contributed by atoms with Crippen molar-refractivity contribution < 1.29 is 24.3 Å². The fourth-order valence-corrected chi connectivity index (χ4v) is 2.80. The first-order chi connectivity index (χ1) is 11.7. The van der Waals surface area contributed by atoms with Crippen LogP contribution in [0.4, 0.5) is 0 Å². The third-order valence-corrected chi connectivity index (χ3v) is 4.51. The van der Waals surface area contributed by atoms with E-state index in [1.165, 1.54) is 23.5 Å². The molecule has 0 aromatic heterocycles. The molecule has 0 saturated carbocycles. The summed E-state index contributed by atoms with van der Waals surface area (Å²) >= 11 is 2.95. The second-order valence-electron chi connectivity index (χ2n) is 5.30. The largest absolute Gasteiger partial charge is 0.480 e. The standard InChI is InChI=1S/C14H26N4O5S2/c1-24-5-3-9(17-12(20)8(15)7-11(16)19)13(21)18-10(14(22)23)4-6-25-2/h8-10H,3-7,15H2,1-2H3,(H2,16,19)(H,17,20)(H,18,21)(H,22,23)/t8-,9-,10-/m0/s1. The number of rotatable bonds is 13. The molecular weight excluding hydrogens is 368 g/mol. The maximum absolute atomic E-state index is 12.4. The summed E-state index contributed by atoms with van der Waals surface area (Å²) in [5, 5.41) is 14.1. The van der Waals surface area contributed by atoms with Crippen LogP contribution < -0.4 is 22.1 Å². The van der Waals surface area contributed by atoms with E-state index in [1.807, 2.05) is 12.5 Å². The zero-order chi connectivity index (χ0) is 19.4. The van der Waals surface area contributed by atoms with Crippen molar-refractivity contribution in [2.45, 2.75) is 37.4 Å². The van der Waals surface area contributed by atoms with E-state index < -0.39 is 41.8 Å². The summed E-state index contributed by atoms with van der Waals surface area (Å²) in [7, 11) is 0. The van der Waals surface area contributed by atoms with Crippen molar-refractivity contribution in [1.29, 1.82) is 0 Å². The van der Waals surface area contributed by atoms with Crippen LogP contribution in [0.3, 0.4) is 0 Å². The highest BCUT2D eigenvalue weighted by Crippen LogP contribution is 2.05. The molecule has 0 aromatic carbocycles. The smallest absolute Gasteiger partial charge is 0.326 e. The zero-order valence-corrected chi connectivity index (χ0v) is 16.0. The van der Waals surface area contributed by atoms with Crippen molar-refractivity contribution >= 4 is 47.2 Å². The third-order valence-electron chi connectivity index (χ3n) is 3.23. The van der Waals surface area contributed by atoms with Crippen molar-refractivity contribution in [3.63, 3.8) is 0 Å². The molecule has 0 aliphatic heterocycles. The van der Waals surface area contributed by atoms with E-state index in [2.05, 4.69) is 10.6 Å². The Morgan fingerprint density at radius 2 is 1.44 bits per heavy atom. The number of nitrogens with one attached hydrogen (secondary N) is 2. The van der Waals surface area contributed by atoms with Gasteiger partial charge in [0.15, 0.2) is 0 Å². The highest BCUT2D eigenvalue weighted by atomic mass is 32.2. The molecule has 0 aliphatic carbocycles. The molecule has 0 rings (SSSR count). The number of carboxylic acids is 1. The Bertz CT molecular complexity index is 478. The molecule has 7 N–H and O–H groups in total. The van der Waals surface area contributed by atoms with Crippen molar-refractivity contribution in [3.8, 4) is 0 Å². The van der Waals surface area contributed by atoms with Crippen LogP contribution in [0.5, 0.6) is 0 Å². The van der Waals surface area contributed by atoms with Gasteiger partial charge in [0.2, 0.25) is 17.7 Å². The third kappa shape index (κ3) is 10.2. The monoisotopic (exact) mass is 394 g/mol. The van der Waals surface area contributed by atoms with Gasteiger partial charge in [0, 0.05) is 0 Å². The Morgan fingerprint density at radius 1 is 0.960 bits per heavy atom. The van der Waals surface area contributed by atoms with Gasteiger partial charge in [-0.15, -0.1) is 0 Å². The fourth-order valence-electron chi connectivity index (χ4n) is 1.86. The van der Waals surface area contributed by atoms with E-state index >= 15 is 0 Å². The summed E-state index contributed by atoms with van der Waals surface area (Å²) in [6.07, 6.45) is 3.91. The zero-order valence-electron chi connectivity index (χ0n) is 14.3. The molecule has 144 valence electrons. The van der Waals surface area contributed by atoms with E-state index in [0.29, 0.717) is 17.9 Å². The Balaban J connectivity index is 4.92. The normalized spacial score (nSPS) is 14.2. The van der Waals surface area contributed by atoms with Crippen LogP contribution in [-0.4, -0.2) is 70.9 Å². The SMILES string of the molecule is CSCC[C@H](NC(=O)[C@H](CCSC)NC(=O)[C@@H](N)CC(N)=O)C(=O)O. The van der Waals surface area contributed by atoms with Gasteiger partial charge in [0.1, 0.15) is 12.1 Å². The molecule has 0 heterocycles. The molecule has 0 fully saturated rings. The number of primary amides is 1. The van der Waals surface area contributed by atoms with Gasteiger partial charge in [-0.05, 0) is 36.9 Å². The average molecular weight is 395 g/mol. The van der Waals surface area contributed by atoms with Crippen LogP contribution in [0.25, 0.3) is 0 Å². The van der Waals surface area contributed by atoms with Crippen molar-refractivity contribution in [2.75, 3.05) is 24.0 Å². The van der Waals surface area contributed by atoms with E-state index in [-0.39, 0.29) is 12.8 Å². The maximum Gasteiger partial charge on any atom is 0.326 e. The Labute approximate surface area is 155 Å². The lowest BCUT2D eigenvalue weighted by Crippen LogP contribution is -2.55. The quantitative estimate of drug-likeness (QED) is 0.258. The Kier molecular flexibility index (Phi) is 12.1. The van der Waals surface area contributed by atoms with Gasteiger partial charge in [-0.2, -0.15) is 23.5 Å². The van der Waals surface area contributed by atoms with Gasteiger partial charge in [0.25, 0.3) is 0 Å². The summed E-state index contributed by atoms with van der Waals surface area (Å²) < 4.78 is 0. The number of aliphatic carboxylic acids is 1. The topological polar surface area (TPSA) is 165 Å². The van der Waals surface area contributed by atoms with Gasteiger partial charge in [-0.3, -0.25) is 14.4 Å². The molecule has 3 atom stereocenters. The number of nitrogens with two attached hydrogens (primary N) is 2. The molecule has 0 radical (unpaired) electrons. The second kappa shape index (κ2) is 12.8. The lowest BCUT2D eigenvalue weighted by Gasteiger charge is -2.22. The number of carbonyl (C=O) groups excluding carboxylic acids is 3. The van der Waals surface area contributed by atoms with E-state index in [9.17, 15) is 24.3 Å². The summed E-state index contributed by atoms with van der Waals surface area (Å²) in [5.41, 5.74) is 10.6. The summed E-state index contributed by atoms with van der Waals surface area (Å²) in [5.74, 6) is -1.99. The van der Waals surface area contributed by atoms with E-state index in [1.54, 1.807) is 0 Å². The molecule has 0 saturated heterocycles. The fraction of sp³-hybridized carbons (Fsp3) is 0.714. The predicted molar refractivity (Wildman–Crippen MR) is 99.3 cm³/mol. The minimum Gasteiger partial charge on any atom is -0.480 e. The van der Waals surface area contributed by atoms with E-state index in [4.69, 9.17) is 11.5 Å². The van der Waals surface area contributed by atoms with Crippen molar-refractivity contribution in [3.05, 3.63) is 0 Å². The Hall–Kier alpha value is -1.46. The van der Waals surface area contributed by atoms with Gasteiger partial charge in [-0.1, -0.05) is 0 Å². The number of amides is 3. The van der Waals surface area contributed by atoms with Crippen molar-refractivity contribution in [2.24, 2.45) is 11.5 Å². The van der Waals surface area contributed by atoms with Crippen LogP contribution in [0.2, 0.25) is 0 Å². The number of hydrogen-bond donors (Lipinski definition) is 5. The summed E-state index contributed by atoms with van der Waals surface area (Å²) in [6.45, 7) is 0. The number of thioether (sulfide) groups is 2. The molecule has 3 amide bonds. The van der Waals surface area contributed by atoms with Gasteiger partial charge in [0.05, 0.1) is 12.5 Å². The average Bonchev–Trinajstić information content (AvgIpc) is 2.53. The number of carbonyl (C=O) groups is 4. The second-order valence-corrected chi connectivity index (χ2v) is 7.27. The highest BCUT2D eigenvalue weighted by Gasteiger charge is 2.27. The minimum atomic E-state index is -1.16. The van der Waals surface area contributed by atoms with Crippen LogP contribution in [-0.2, 0) is 19.2 Å². The first kappa shape index (κ1) is 23.5. The molecule has 0 bridgehead atoms. The minimum absolute atomic E-state index is 0.270. The summed E-state index contributed by atoms with van der Waals surface area (Å²) in [6, 6.07) is -3.13. The molecule has 25 heavy (non-hydrogen) atoms. The predicted octanol–water partition coefficient (Wildman–Crippen LogP) is -1.25. The lowest BCUT2D eigenvalue weighted by molar-refractivity contribution is -0.142. The van der Waals surface area contributed by atoms with Gasteiger partial charge in [-0.25, -0.2) is 4.79 Å². The molecule has 11 heteroatoms. The maximum atomic E-state index is 12.4. The van der Waals surface area contributed by atoms with Crippen LogP contribution in [0, 0.1) is 0 Å². The molecule has 0 unspecified atom stereocenters. The molecular formula is C14H26N4O5S2. The highest BCUT2D eigenvalue weighted by molar-refractivity contribution is 7.98. The molecule has 9 nitrogen and oxygen atoms in total. The lowest BCUT2D eigenvalue weighted by atomic mass is 10.1. The van der Waals surface area contributed by atoms with Gasteiger partial charge < -0.3 is 27.2 Å². The van der Waals surface area contributed by atoms with Crippen molar-refractivity contribution in [1.82, 2.24) is 10.6 Å². The van der Waals surface area contributed by atoms with Gasteiger partial charge >= 0.3 is 5.97 Å².